The monoisotopic (exact) mass is 303 g/mol. The summed E-state index contributed by atoms with van der Waals surface area (Å²) in [6.07, 6.45) is 0. The quantitative estimate of drug-likeness (QED) is 0.615. The highest BCUT2D eigenvalue weighted by Gasteiger charge is 2.10. The van der Waals surface area contributed by atoms with Crippen LogP contribution in [0.3, 0.4) is 0 Å². The summed E-state index contributed by atoms with van der Waals surface area (Å²) in [4.78, 5) is 11.0. The normalized spacial score (nSPS) is 10.3. The van der Waals surface area contributed by atoms with Crippen LogP contribution in [0.1, 0.15) is 4.88 Å². The maximum atomic E-state index is 10.5. The minimum atomic E-state index is -0.505. The lowest BCUT2D eigenvalue weighted by atomic mass is 10.3. The van der Waals surface area contributed by atoms with E-state index in [-0.39, 0.29) is 10.7 Å². The molecule has 0 spiro atoms. The summed E-state index contributed by atoms with van der Waals surface area (Å²) in [5.74, 6) is 0.409. The second-order valence-corrected chi connectivity index (χ2v) is 5.57. The molecule has 0 aliphatic heterocycles. The zero-order chi connectivity index (χ0) is 13.1. The molecule has 1 aromatic carbocycles. The van der Waals surface area contributed by atoms with E-state index in [1.165, 1.54) is 29.5 Å². The summed E-state index contributed by atoms with van der Waals surface area (Å²) in [5, 5.41) is 10.8. The van der Waals surface area contributed by atoms with Crippen molar-refractivity contribution in [1.82, 2.24) is 0 Å². The number of hydrogen-bond acceptors (Lipinski definition) is 4. The number of nitro groups is 1. The molecule has 0 saturated heterocycles. The predicted molar refractivity (Wildman–Crippen MR) is 71.8 cm³/mol. The van der Waals surface area contributed by atoms with Gasteiger partial charge in [-0.2, -0.15) is 0 Å². The largest absolute Gasteiger partial charge is 0.486 e. The van der Waals surface area contributed by atoms with Crippen molar-refractivity contribution in [3.05, 3.63) is 54.7 Å². The molecule has 18 heavy (non-hydrogen) atoms. The molecule has 2 aromatic rings. The van der Waals surface area contributed by atoms with E-state index in [4.69, 9.17) is 27.9 Å². The van der Waals surface area contributed by atoms with Crippen LogP contribution in [-0.4, -0.2) is 4.92 Å². The summed E-state index contributed by atoms with van der Waals surface area (Å²) in [6, 6.07) is 7.73. The van der Waals surface area contributed by atoms with Crippen LogP contribution in [-0.2, 0) is 6.61 Å². The van der Waals surface area contributed by atoms with Gasteiger partial charge in [0, 0.05) is 17.0 Å². The van der Waals surface area contributed by atoms with Crippen LogP contribution in [0.4, 0.5) is 5.69 Å². The first-order valence-corrected chi connectivity index (χ1v) is 6.44. The molecular weight excluding hydrogens is 297 g/mol. The van der Waals surface area contributed by atoms with Crippen LogP contribution in [0, 0.1) is 10.1 Å². The highest BCUT2D eigenvalue weighted by atomic mass is 35.5. The fraction of sp³-hybridized carbons (Fsp3) is 0.0909. The fourth-order valence-corrected chi connectivity index (χ4v) is 2.53. The molecule has 1 aromatic heterocycles. The van der Waals surface area contributed by atoms with Crippen molar-refractivity contribution < 1.29 is 9.66 Å². The van der Waals surface area contributed by atoms with Gasteiger partial charge >= 0.3 is 0 Å². The van der Waals surface area contributed by atoms with Gasteiger partial charge in [0.25, 0.3) is 5.69 Å². The Balaban J connectivity index is 2.08. The Kier molecular flexibility index (Phi) is 4.06. The Morgan fingerprint density at radius 2 is 2.06 bits per heavy atom. The summed E-state index contributed by atoms with van der Waals surface area (Å²) in [6.45, 7) is 0.328. The zero-order valence-corrected chi connectivity index (χ0v) is 11.3. The van der Waals surface area contributed by atoms with Crippen molar-refractivity contribution in [3.63, 3.8) is 0 Å². The number of nitrogens with zero attached hydrogens (tertiary/aromatic N) is 1. The maximum Gasteiger partial charge on any atom is 0.271 e. The number of thiophene rings is 1. The van der Waals surface area contributed by atoms with E-state index in [1.54, 1.807) is 6.07 Å². The molecule has 0 atom stereocenters. The first-order valence-electron chi connectivity index (χ1n) is 4.87. The Morgan fingerprint density at radius 3 is 2.61 bits per heavy atom. The van der Waals surface area contributed by atoms with Crippen molar-refractivity contribution in [2.45, 2.75) is 6.61 Å². The minimum Gasteiger partial charge on any atom is -0.486 e. The molecule has 0 saturated carbocycles. The van der Waals surface area contributed by atoms with Crippen LogP contribution < -0.4 is 4.74 Å². The van der Waals surface area contributed by atoms with Crippen LogP contribution in [0.5, 0.6) is 5.75 Å². The molecule has 0 aliphatic rings. The molecule has 94 valence electrons. The number of non-ortho nitro benzene ring substituents is 1. The van der Waals surface area contributed by atoms with Crippen molar-refractivity contribution in [2.75, 3.05) is 0 Å². The lowest BCUT2D eigenvalue weighted by Crippen LogP contribution is -1.94. The predicted octanol–water partition coefficient (Wildman–Crippen LogP) is 4.54. The Bertz CT molecular complexity index is 585. The van der Waals surface area contributed by atoms with Crippen LogP contribution in [0.25, 0.3) is 0 Å². The Hall–Kier alpha value is -1.30. The van der Waals surface area contributed by atoms with Gasteiger partial charge < -0.3 is 4.74 Å². The number of nitro benzene ring substituents is 1. The first-order chi connectivity index (χ1) is 8.56. The zero-order valence-electron chi connectivity index (χ0n) is 8.93. The second kappa shape index (κ2) is 5.56. The van der Waals surface area contributed by atoms with Gasteiger partial charge in [0.2, 0.25) is 0 Å². The average molecular weight is 304 g/mol. The Morgan fingerprint density at radius 1 is 1.28 bits per heavy atom. The minimum absolute atomic E-state index is 0.0634. The van der Waals surface area contributed by atoms with Crippen molar-refractivity contribution in [3.8, 4) is 5.75 Å². The fourth-order valence-electron chi connectivity index (χ4n) is 1.30. The van der Waals surface area contributed by atoms with Crippen LogP contribution >= 0.6 is 34.5 Å². The van der Waals surface area contributed by atoms with Gasteiger partial charge in [-0.25, -0.2) is 0 Å². The van der Waals surface area contributed by atoms with E-state index in [9.17, 15) is 10.1 Å². The van der Waals surface area contributed by atoms with Gasteiger partial charge in [-0.3, -0.25) is 10.1 Å². The second-order valence-electron chi connectivity index (χ2n) is 3.37. The molecule has 0 aliphatic carbocycles. The third kappa shape index (κ3) is 3.13. The lowest BCUT2D eigenvalue weighted by Gasteiger charge is -2.06. The van der Waals surface area contributed by atoms with E-state index >= 15 is 0 Å². The number of ether oxygens (including phenoxy) is 1. The average Bonchev–Trinajstić information content (AvgIpc) is 2.73. The number of hydrogen-bond donors (Lipinski definition) is 0. The van der Waals surface area contributed by atoms with Crippen LogP contribution in [0.15, 0.2) is 30.3 Å². The van der Waals surface area contributed by atoms with Gasteiger partial charge in [-0.15, -0.1) is 11.3 Å². The highest BCUT2D eigenvalue weighted by Crippen LogP contribution is 2.30. The number of benzene rings is 1. The maximum absolute atomic E-state index is 10.5. The van der Waals surface area contributed by atoms with Crippen molar-refractivity contribution >= 4 is 40.2 Å². The molecule has 0 bridgehead atoms. The van der Waals surface area contributed by atoms with Crippen molar-refractivity contribution in [1.29, 1.82) is 0 Å². The number of halogens is 2. The molecule has 0 fully saturated rings. The van der Waals surface area contributed by atoms with Crippen LogP contribution in [0.2, 0.25) is 9.36 Å². The third-order valence-corrected chi connectivity index (χ3v) is 3.63. The summed E-state index contributed by atoms with van der Waals surface area (Å²) in [5.41, 5.74) is -0.0634. The summed E-state index contributed by atoms with van der Waals surface area (Å²) < 4.78 is 6.15. The molecular formula is C11H7Cl2NO3S. The number of rotatable bonds is 4. The van der Waals surface area contributed by atoms with Gasteiger partial charge in [0.1, 0.15) is 12.4 Å². The summed E-state index contributed by atoms with van der Waals surface area (Å²) >= 11 is 13.1. The van der Waals surface area contributed by atoms with Gasteiger partial charge in [-0.05, 0) is 18.2 Å². The van der Waals surface area contributed by atoms with E-state index in [2.05, 4.69) is 0 Å². The smallest absolute Gasteiger partial charge is 0.271 e. The Labute approximate surface area is 117 Å². The molecule has 1 heterocycles. The molecule has 0 unspecified atom stereocenters. The molecule has 0 N–H and O–H groups in total. The SMILES string of the molecule is O=[N+]([O-])c1ccc(OCc2ccc(Cl)s2)c(Cl)c1. The van der Waals surface area contributed by atoms with Gasteiger partial charge in [0.15, 0.2) is 0 Å². The van der Waals surface area contributed by atoms with Crippen molar-refractivity contribution in [2.24, 2.45) is 0 Å². The molecule has 0 radical (unpaired) electrons. The molecule has 0 amide bonds. The molecule has 4 nitrogen and oxygen atoms in total. The van der Waals surface area contributed by atoms with Gasteiger partial charge in [0.05, 0.1) is 14.3 Å². The van der Waals surface area contributed by atoms with E-state index in [0.29, 0.717) is 16.7 Å². The summed E-state index contributed by atoms with van der Waals surface area (Å²) in [7, 11) is 0. The highest BCUT2D eigenvalue weighted by molar-refractivity contribution is 7.16. The molecule has 7 heteroatoms. The third-order valence-electron chi connectivity index (χ3n) is 2.13. The lowest BCUT2D eigenvalue weighted by molar-refractivity contribution is -0.384. The standard InChI is InChI=1S/C11H7Cl2NO3S/c12-9-5-7(14(15)16)1-3-10(9)17-6-8-2-4-11(13)18-8/h1-5H,6H2. The first kappa shape index (κ1) is 13.1. The van der Waals surface area contributed by atoms with E-state index < -0.39 is 4.92 Å². The topological polar surface area (TPSA) is 52.4 Å². The van der Waals surface area contributed by atoms with E-state index in [0.717, 1.165) is 4.88 Å². The van der Waals surface area contributed by atoms with Gasteiger partial charge in [-0.1, -0.05) is 23.2 Å². The van der Waals surface area contributed by atoms with E-state index in [1.807, 2.05) is 6.07 Å². The molecule has 2 rings (SSSR count).